The minimum absolute atomic E-state index is 0.329. The van der Waals surface area contributed by atoms with Gasteiger partial charge in [-0.3, -0.25) is 9.10 Å². The molecule has 0 aromatic heterocycles. The number of nitrogens with zero attached hydrogens (tertiary/aromatic N) is 1. The summed E-state index contributed by atoms with van der Waals surface area (Å²) in [6.07, 6.45) is 3.52. The largest absolute Gasteiger partial charge is 0.324 e. The van der Waals surface area contributed by atoms with E-state index in [2.05, 4.69) is 17.4 Å². The van der Waals surface area contributed by atoms with Crippen LogP contribution >= 0.6 is 0 Å². The number of hydrogen-bond donors (Lipinski definition) is 1. The van der Waals surface area contributed by atoms with E-state index in [0.29, 0.717) is 12.1 Å². The molecule has 1 aliphatic rings. The molecule has 3 aromatic rings. The molecule has 1 atom stereocenters. The number of sulfonamides is 1. The van der Waals surface area contributed by atoms with Crippen LogP contribution in [0.5, 0.6) is 0 Å². The first-order chi connectivity index (χ1) is 14.7. The van der Waals surface area contributed by atoms with Gasteiger partial charge in [-0.25, -0.2) is 8.42 Å². The van der Waals surface area contributed by atoms with Crippen molar-refractivity contribution in [2.45, 2.75) is 46.1 Å². The van der Waals surface area contributed by atoms with Crippen molar-refractivity contribution in [2.24, 2.45) is 0 Å². The topological polar surface area (TPSA) is 66.5 Å². The standard InChI is InChI=1S/C25H28N2O3S/c1-5-23(27(31(4,29)30)20-13-9-16(2)17(3)15-20)25(28)26-22-14-12-19-11-10-18-7-6-8-21(22)24(18)19/h6-9,12-15,23H,5,10-11H2,1-4H3,(H,26,28)/t23-/m0/s1. The minimum Gasteiger partial charge on any atom is -0.324 e. The summed E-state index contributed by atoms with van der Waals surface area (Å²) >= 11 is 0. The van der Waals surface area contributed by atoms with Gasteiger partial charge < -0.3 is 5.32 Å². The lowest BCUT2D eigenvalue weighted by atomic mass is 10.0. The maximum atomic E-state index is 13.4. The zero-order valence-corrected chi connectivity index (χ0v) is 19.2. The molecule has 0 fully saturated rings. The maximum Gasteiger partial charge on any atom is 0.248 e. The smallest absolute Gasteiger partial charge is 0.248 e. The van der Waals surface area contributed by atoms with Crippen LogP contribution in [0.3, 0.4) is 0 Å². The lowest BCUT2D eigenvalue weighted by Crippen LogP contribution is -2.47. The number of benzene rings is 3. The van der Waals surface area contributed by atoms with E-state index < -0.39 is 16.1 Å². The van der Waals surface area contributed by atoms with Gasteiger partial charge >= 0.3 is 0 Å². The van der Waals surface area contributed by atoms with Crippen LogP contribution in [0.15, 0.2) is 48.5 Å². The van der Waals surface area contributed by atoms with Gasteiger partial charge in [-0.2, -0.15) is 0 Å². The van der Waals surface area contributed by atoms with E-state index in [0.717, 1.165) is 41.3 Å². The summed E-state index contributed by atoms with van der Waals surface area (Å²) < 4.78 is 26.7. The SMILES string of the molecule is CC[C@@H](C(=O)Nc1ccc2c3c(cccc13)CC2)N(c1ccc(C)c(C)c1)S(C)(=O)=O. The fourth-order valence-corrected chi connectivity index (χ4v) is 5.70. The van der Waals surface area contributed by atoms with Crippen molar-refractivity contribution in [1.29, 1.82) is 0 Å². The number of rotatable bonds is 6. The second-order valence-electron chi connectivity index (χ2n) is 8.35. The molecular formula is C25H28N2O3S. The summed E-state index contributed by atoms with van der Waals surface area (Å²) in [5.41, 5.74) is 5.87. The molecule has 0 aliphatic heterocycles. The van der Waals surface area contributed by atoms with E-state index in [4.69, 9.17) is 0 Å². The zero-order valence-electron chi connectivity index (χ0n) is 18.4. The molecule has 31 heavy (non-hydrogen) atoms. The van der Waals surface area contributed by atoms with Gasteiger partial charge in [0.2, 0.25) is 15.9 Å². The van der Waals surface area contributed by atoms with Gasteiger partial charge in [0.1, 0.15) is 6.04 Å². The Morgan fingerprint density at radius 1 is 1.03 bits per heavy atom. The molecule has 5 nitrogen and oxygen atoms in total. The molecule has 0 bridgehead atoms. The Morgan fingerprint density at radius 3 is 2.39 bits per heavy atom. The Kier molecular flexibility index (Phi) is 5.52. The molecule has 1 amide bonds. The average Bonchev–Trinajstić information content (AvgIpc) is 3.14. The first-order valence-corrected chi connectivity index (χ1v) is 12.5. The second-order valence-corrected chi connectivity index (χ2v) is 10.2. The number of nitrogens with one attached hydrogen (secondary N) is 1. The molecule has 1 aliphatic carbocycles. The summed E-state index contributed by atoms with van der Waals surface area (Å²) in [5, 5.41) is 5.24. The first kappa shape index (κ1) is 21.4. The second kappa shape index (κ2) is 8.00. The molecule has 0 spiro atoms. The number of aryl methyl sites for hydroxylation is 4. The molecule has 0 heterocycles. The number of hydrogen-bond acceptors (Lipinski definition) is 3. The van der Waals surface area contributed by atoms with Crippen LogP contribution < -0.4 is 9.62 Å². The Balaban J connectivity index is 1.72. The van der Waals surface area contributed by atoms with Gasteiger partial charge in [0.05, 0.1) is 11.9 Å². The van der Waals surface area contributed by atoms with Crippen molar-refractivity contribution < 1.29 is 13.2 Å². The highest BCUT2D eigenvalue weighted by molar-refractivity contribution is 7.92. The summed E-state index contributed by atoms with van der Waals surface area (Å²) in [5.74, 6) is -0.329. The van der Waals surface area contributed by atoms with Crippen molar-refractivity contribution in [1.82, 2.24) is 0 Å². The lowest BCUT2D eigenvalue weighted by molar-refractivity contribution is -0.117. The predicted molar refractivity (Wildman–Crippen MR) is 127 cm³/mol. The van der Waals surface area contributed by atoms with Gasteiger partial charge in [-0.15, -0.1) is 0 Å². The summed E-state index contributed by atoms with van der Waals surface area (Å²) in [6, 6.07) is 14.8. The highest BCUT2D eigenvalue weighted by Gasteiger charge is 2.32. The Morgan fingerprint density at radius 2 is 1.74 bits per heavy atom. The van der Waals surface area contributed by atoms with Crippen LogP contribution in [0.2, 0.25) is 0 Å². The number of carbonyl (C=O) groups is 1. The molecule has 162 valence electrons. The Bertz CT molecular complexity index is 1270. The van der Waals surface area contributed by atoms with E-state index in [1.54, 1.807) is 6.07 Å². The quantitative estimate of drug-likeness (QED) is 0.607. The third-order valence-corrected chi connectivity index (χ3v) is 7.39. The molecule has 0 saturated carbocycles. The van der Waals surface area contributed by atoms with Crippen molar-refractivity contribution in [3.05, 3.63) is 70.8 Å². The van der Waals surface area contributed by atoms with Crippen LogP contribution in [-0.4, -0.2) is 26.6 Å². The van der Waals surface area contributed by atoms with Crippen LogP contribution in [0.1, 0.15) is 35.6 Å². The summed E-state index contributed by atoms with van der Waals surface area (Å²) in [6.45, 7) is 5.74. The number of amides is 1. The monoisotopic (exact) mass is 436 g/mol. The van der Waals surface area contributed by atoms with Gasteiger partial charge in [0.15, 0.2) is 0 Å². The normalized spacial score (nSPS) is 13.9. The first-order valence-electron chi connectivity index (χ1n) is 10.6. The number of anilines is 2. The molecular weight excluding hydrogens is 408 g/mol. The minimum atomic E-state index is -3.67. The van der Waals surface area contributed by atoms with Crippen LogP contribution in [-0.2, 0) is 27.7 Å². The van der Waals surface area contributed by atoms with Gasteiger partial charge in [0, 0.05) is 11.1 Å². The molecule has 4 rings (SSSR count). The van der Waals surface area contributed by atoms with Crippen LogP contribution in [0, 0.1) is 13.8 Å². The fraction of sp³-hybridized carbons (Fsp3) is 0.320. The van der Waals surface area contributed by atoms with E-state index in [1.165, 1.54) is 20.8 Å². The third kappa shape index (κ3) is 3.92. The maximum absolute atomic E-state index is 13.4. The highest BCUT2D eigenvalue weighted by Crippen LogP contribution is 2.35. The molecule has 0 radical (unpaired) electrons. The van der Waals surface area contributed by atoms with Gasteiger partial charge in [-0.05, 0) is 78.9 Å². The van der Waals surface area contributed by atoms with Crippen molar-refractivity contribution in [2.75, 3.05) is 15.9 Å². The molecule has 6 heteroatoms. The van der Waals surface area contributed by atoms with E-state index >= 15 is 0 Å². The van der Waals surface area contributed by atoms with Crippen LogP contribution in [0.25, 0.3) is 10.8 Å². The van der Waals surface area contributed by atoms with Crippen molar-refractivity contribution in [3.63, 3.8) is 0 Å². The molecule has 1 N–H and O–H groups in total. The van der Waals surface area contributed by atoms with Gasteiger partial charge in [-0.1, -0.05) is 37.3 Å². The number of carbonyl (C=O) groups excluding carboxylic acids is 1. The van der Waals surface area contributed by atoms with Crippen LogP contribution in [0.4, 0.5) is 11.4 Å². The lowest BCUT2D eigenvalue weighted by Gasteiger charge is -2.30. The van der Waals surface area contributed by atoms with Gasteiger partial charge in [0.25, 0.3) is 0 Å². The fourth-order valence-electron chi connectivity index (χ4n) is 4.49. The Labute approximate surface area is 184 Å². The summed E-state index contributed by atoms with van der Waals surface area (Å²) in [4.78, 5) is 13.4. The van der Waals surface area contributed by atoms with E-state index in [1.807, 2.05) is 51.1 Å². The third-order valence-electron chi connectivity index (χ3n) is 6.21. The van der Waals surface area contributed by atoms with E-state index in [9.17, 15) is 13.2 Å². The average molecular weight is 437 g/mol. The van der Waals surface area contributed by atoms with Crippen molar-refractivity contribution >= 4 is 38.1 Å². The highest BCUT2D eigenvalue weighted by atomic mass is 32.2. The molecule has 3 aromatic carbocycles. The zero-order chi connectivity index (χ0) is 22.3. The van der Waals surface area contributed by atoms with Crippen molar-refractivity contribution in [3.8, 4) is 0 Å². The predicted octanol–water partition coefficient (Wildman–Crippen LogP) is 4.74. The Hall–Kier alpha value is -2.86. The van der Waals surface area contributed by atoms with E-state index in [-0.39, 0.29) is 5.91 Å². The summed E-state index contributed by atoms with van der Waals surface area (Å²) in [7, 11) is -3.67. The molecule has 0 saturated heterocycles. The molecule has 0 unspecified atom stereocenters.